The van der Waals surface area contributed by atoms with Crippen LogP contribution in [0.2, 0.25) is 0 Å². The highest BCUT2D eigenvalue weighted by Gasteiger charge is 2.48. The zero-order chi connectivity index (χ0) is 15.6. The van der Waals surface area contributed by atoms with Crippen LogP contribution in [0.3, 0.4) is 0 Å². The molecule has 0 aliphatic carbocycles. The fourth-order valence-electron chi connectivity index (χ4n) is 1.35. The van der Waals surface area contributed by atoms with Crippen molar-refractivity contribution in [1.82, 2.24) is 0 Å². The first-order valence-electron chi connectivity index (χ1n) is 5.60. The lowest BCUT2D eigenvalue weighted by Gasteiger charge is -2.17. The summed E-state index contributed by atoms with van der Waals surface area (Å²) in [4.78, 5) is 11.0. The normalized spacial score (nSPS) is 12.1. The summed E-state index contributed by atoms with van der Waals surface area (Å²) in [6.45, 7) is 3.32. The van der Waals surface area contributed by atoms with E-state index in [-0.39, 0.29) is 5.69 Å². The van der Waals surface area contributed by atoms with Gasteiger partial charge in [-0.2, -0.15) is 14.0 Å². The summed E-state index contributed by atoms with van der Waals surface area (Å²) < 4.78 is 49.5. The number of halogens is 4. The average Bonchev–Trinajstić information content (AvgIpc) is 2.39. The second kappa shape index (κ2) is 5.49. The Hall–Kier alpha value is -2.10. The van der Waals surface area contributed by atoms with Crippen LogP contribution in [-0.2, 0) is 10.2 Å². The molecular weight excluding hydrogens is 276 g/mol. The number of benzene rings is 1. The van der Waals surface area contributed by atoms with Crippen LogP contribution < -0.4 is 5.32 Å². The van der Waals surface area contributed by atoms with E-state index in [4.69, 9.17) is 5.26 Å². The minimum atomic E-state index is -4.75. The highest BCUT2D eigenvalue weighted by atomic mass is 19.3. The molecule has 0 spiro atoms. The minimum Gasteiger partial charge on any atom is -0.321 e. The zero-order valence-corrected chi connectivity index (χ0v) is 10.8. The number of hydrogen-bond acceptors (Lipinski definition) is 2. The number of nitrogens with one attached hydrogen (secondary N) is 1. The van der Waals surface area contributed by atoms with E-state index in [9.17, 15) is 22.4 Å². The summed E-state index contributed by atoms with van der Waals surface area (Å²) in [6.07, 6.45) is -4.07. The fourth-order valence-corrected chi connectivity index (χ4v) is 1.35. The molecule has 0 aromatic heterocycles. The smallest absolute Gasteiger partial charge is 0.321 e. The first-order valence-corrected chi connectivity index (χ1v) is 5.60. The SMILES string of the molecule is CC(C)(C#N)c1ccc(NC(=O)C(F)(F)C(F)F)cc1. The Bertz CT molecular complexity index is 532. The molecular formula is C13H12F4N2O. The predicted molar refractivity (Wildman–Crippen MR) is 64.7 cm³/mol. The van der Waals surface area contributed by atoms with Gasteiger partial charge in [0.05, 0.1) is 11.5 Å². The molecule has 0 heterocycles. The van der Waals surface area contributed by atoms with Crippen molar-refractivity contribution >= 4 is 11.6 Å². The van der Waals surface area contributed by atoms with Crippen molar-refractivity contribution < 1.29 is 22.4 Å². The van der Waals surface area contributed by atoms with Crippen LogP contribution in [0.25, 0.3) is 0 Å². The lowest BCUT2D eigenvalue weighted by atomic mass is 9.86. The summed E-state index contributed by atoms with van der Waals surface area (Å²) in [5, 5.41) is 10.6. The van der Waals surface area contributed by atoms with Crippen molar-refractivity contribution in [2.45, 2.75) is 31.6 Å². The Morgan fingerprint density at radius 1 is 1.25 bits per heavy atom. The van der Waals surface area contributed by atoms with Gasteiger partial charge >= 0.3 is 18.3 Å². The molecule has 0 bridgehead atoms. The maximum Gasteiger partial charge on any atom is 0.383 e. The highest BCUT2D eigenvalue weighted by Crippen LogP contribution is 2.26. The first kappa shape index (κ1) is 16.0. The number of amides is 1. The molecule has 108 valence electrons. The van der Waals surface area contributed by atoms with Crippen molar-refractivity contribution in [3.8, 4) is 6.07 Å². The first-order chi connectivity index (χ1) is 9.11. The molecule has 1 amide bonds. The van der Waals surface area contributed by atoms with Crippen LogP contribution in [0, 0.1) is 11.3 Å². The fraction of sp³-hybridized carbons (Fsp3) is 0.385. The number of carbonyl (C=O) groups is 1. The standard InChI is InChI=1S/C13H12F4N2O/c1-12(2,7-18)8-3-5-9(6-4-8)19-11(20)13(16,17)10(14)15/h3-6,10H,1-2H3,(H,19,20). The van der Waals surface area contributed by atoms with Gasteiger partial charge in [-0.15, -0.1) is 0 Å². The summed E-state index contributed by atoms with van der Waals surface area (Å²) in [5.74, 6) is -6.82. The number of rotatable bonds is 4. The molecule has 3 nitrogen and oxygen atoms in total. The van der Waals surface area contributed by atoms with Crippen molar-refractivity contribution in [1.29, 1.82) is 5.26 Å². The van der Waals surface area contributed by atoms with Crippen LogP contribution in [0.5, 0.6) is 0 Å². The van der Waals surface area contributed by atoms with Gasteiger partial charge in [0.15, 0.2) is 0 Å². The molecule has 0 saturated heterocycles. The molecule has 0 radical (unpaired) electrons. The second-order valence-electron chi connectivity index (χ2n) is 4.69. The average molecular weight is 288 g/mol. The largest absolute Gasteiger partial charge is 0.383 e. The Kier molecular flexibility index (Phi) is 4.38. The van der Waals surface area contributed by atoms with Gasteiger partial charge in [-0.05, 0) is 31.5 Å². The summed E-state index contributed by atoms with van der Waals surface area (Å²) >= 11 is 0. The van der Waals surface area contributed by atoms with E-state index >= 15 is 0 Å². The number of anilines is 1. The number of alkyl halides is 4. The van der Waals surface area contributed by atoms with Crippen LogP contribution in [0.1, 0.15) is 19.4 Å². The molecule has 1 rings (SSSR count). The second-order valence-corrected chi connectivity index (χ2v) is 4.69. The van der Waals surface area contributed by atoms with Crippen molar-refractivity contribution in [2.24, 2.45) is 0 Å². The summed E-state index contributed by atoms with van der Waals surface area (Å²) in [7, 11) is 0. The Labute approximate surface area is 113 Å². The molecule has 1 N–H and O–H groups in total. The Balaban J connectivity index is 2.87. The van der Waals surface area contributed by atoms with Crippen molar-refractivity contribution in [3.63, 3.8) is 0 Å². The minimum absolute atomic E-state index is 0.0483. The summed E-state index contributed by atoms with van der Waals surface area (Å²) in [5.41, 5.74) is -0.221. The molecule has 0 aliphatic heterocycles. The van der Waals surface area contributed by atoms with E-state index in [0.29, 0.717) is 5.56 Å². The third-order valence-electron chi connectivity index (χ3n) is 2.72. The van der Waals surface area contributed by atoms with Gasteiger partial charge in [-0.3, -0.25) is 4.79 Å². The number of carbonyl (C=O) groups excluding carboxylic acids is 1. The van der Waals surface area contributed by atoms with E-state index in [0.717, 1.165) is 0 Å². The quantitative estimate of drug-likeness (QED) is 0.864. The monoisotopic (exact) mass is 288 g/mol. The zero-order valence-electron chi connectivity index (χ0n) is 10.8. The highest BCUT2D eigenvalue weighted by molar-refractivity contribution is 5.96. The van der Waals surface area contributed by atoms with Gasteiger partial charge in [0, 0.05) is 5.69 Å². The van der Waals surface area contributed by atoms with E-state index in [2.05, 4.69) is 6.07 Å². The van der Waals surface area contributed by atoms with E-state index in [1.54, 1.807) is 19.2 Å². The molecule has 1 aromatic carbocycles. The molecule has 0 unspecified atom stereocenters. The van der Waals surface area contributed by atoms with Crippen LogP contribution in [0.4, 0.5) is 23.2 Å². The molecule has 0 fully saturated rings. The Morgan fingerprint density at radius 2 is 1.75 bits per heavy atom. The Morgan fingerprint density at radius 3 is 2.15 bits per heavy atom. The molecule has 1 aromatic rings. The van der Waals surface area contributed by atoms with Crippen molar-refractivity contribution in [2.75, 3.05) is 5.32 Å². The van der Waals surface area contributed by atoms with Gasteiger partial charge in [0.25, 0.3) is 0 Å². The van der Waals surface area contributed by atoms with Gasteiger partial charge in [0.1, 0.15) is 0 Å². The molecule has 20 heavy (non-hydrogen) atoms. The van der Waals surface area contributed by atoms with Gasteiger partial charge in [-0.25, -0.2) is 8.78 Å². The van der Waals surface area contributed by atoms with Crippen LogP contribution in [0.15, 0.2) is 24.3 Å². The number of nitrogens with zero attached hydrogens (tertiary/aromatic N) is 1. The molecule has 0 saturated carbocycles. The lowest BCUT2D eigenvalue weighted by molar-refractivity contribution is -0.163. The lowest BCUT2D eigenvalue weighted by Crippen LogP contribution is -2.40. The maximum absolute atomic E-state index is 12.7. The van der Waals surface area contributed by atoms with E-state index in [1.807, 2.05) is 0 Å². The van der Waals surface area contributed by atoms with E-state index < -0.39 is 23.7 Å². The number of hydrogen-bond donors (Lipinski definition) is 1. The van der Waals surface area contributed by atoms with Gasteiger partial charge in [-0.1, -0.05) is 12.1 Å². The van der Waals surface area contributed by atoms with Crippen molar-refractivity contribution in [3.05, 3.63) is 29.8 Å². The topological polar surface area (TPSA) is 52.9 Å². The van der Waals surface area contributed by atoms with E-state index in [1.165, 1.54) is 24.3 Å². The number of nitriles is 1. The molecule has 0 aliphatic rings. The van der Waals surface area contributed by atoms with Crippen LogP contribution in [-0.4, -0.2) is 18.3 Å². The maximum atomic E-state index is 12.7. The third-order valence-corrected chi connectivity index (χ3v) is 2.72. The van der Waals surface area contributed by atoms with Crippen LogP contribution >= 0.6 is 0 Å². The van der Waals surface area contributed by atoms with Gasteiger partial charge in [0.2, 0.25) is 0 Å². The molecule has 7 heteroatoms. The molecule has 0 atom stereocenters. The summed E-state index contributed by atoms with van der Waals surface area (Å²) in [6, 6.07) is 7.51. The van der Waals surface area contributed by atoms with Gasteiger partial charge < -0.3 is 5.32 Å². The predicted octanol–water partition coefficient (Wildman–Crippen LogP) is 3.33. The third kappa shape index (κ3) is 3.26.